The first kappa shape index (κ1) is 73.5. The number of aliphatic carboxylic acids is 1. The Labute approximate surface area is 486 Å². The number of carbonyl (C=O) groups is 9. The van der Waals surface area contributed by atoms with E-state index in [9.17, 15) is 58.5 Å². The summed E-state index contributed by atoms with van der Waals surface area (Å²) in [5.41, 5.74) is 55.2. The molecule has 0 bridgehead atoms. The van der Waals surface area contributed by atoms with E-state index >= 15 is 0 Å². The summed E-state index contributed by atoms with van der Waals surface area (Å²) < 4.78 is 0. The summed E-state index contributed by atoms with van der Waals surface area (Å²) in [6, 6.07) is -12.6. The number of hydrogen-bond acceptors (Lipinski definition) is 18. The second-order valence-electron chi connectivity index (χ2n) is 19.8. The van der Waals surface area contributed by atoms with Gasteiger partial charge in [-0.1, -0.05) is 6.42 Å². The normalized spacial score (nSPS) is 16.4. The Morgan fingerprint density at radius 2 is 0.904 bits per heavy atom. The molecule has 1 aliphatic heterocycles. The van der Waals surface area contributed by atoms with Crippen LogP contribution in [0.5, 0.6) is 0 Å². The maximum absolute atomic E-state index is 14.6. The van der Waals surface area contributed by atoms with E-state index in [0.717, 1.165) is 0 Å². The number of aliphatic imine (C=N–C) groups is 4. The lowest BCUT2D eigenvalue weighted by molar-refractivity contribution is -0.143. The quantitative estimate of drug-likeness (QED) is 0.0154. The summed E-state index contributed by atoms with van der Waals surface area (Å²) in [5.74, 6) is -9.00. The van der Waals surface area contributed by atoms with E-state index in [1.807, 2.05) is 0 Å². The molecule has 11 atom stereocenters. The number of amides is 8. The van der Waals surface area contributed by atoms with Crippen LogP contribution in [0.15, 0.2) is 20.0 Å². The molecule has 1 fully saturated rings. The van der Waals surface area contributed by atoms with Crippen molar-refractivity contribution in [2.75, 3.05) is 51.3 Å². The van der Waals surface area contributed by atoms with Gasteiger partial charge in [0, 0.05) is 32.7 Å². The molecule has 0 radical (unpaired) electrons. The van der Waals surface area contributed by atoms with Gasteiger partial charge in [0.1, 0.15) is 48.3 Å². The van der Waals surface area contributed by atoms with Crippen molar-refractivity contribution < 1.29 is 58.5 Å². The van der Waals surface area contributed by atoms with E-state index in [1.54, 1.807) is 6.26 Å². The van der Waals surface area contributed by atoms with Gasteiger partial charge in [-0.2, -0.15) is 11.8 Å². The molecule has 0 aromatic heterocycles. The van der Waals surface area contributed by atoms with E-state index in [4.69, 9.17) is 57.3 Å². The van der Waals surface area contributed by atoms with Crippen LogP contribution in [0, 0.1) is 0 Å². The zero-order valence-corrected chi connectivity index (χ0v) is 48.5. The fraction of sp³-hybridized carbons (Fsp3) is 0.729. The molecular formula is C48H92N22O12S. The molecule has 30 N–H and O–H groups in total. The highest BCUT2D eigenvalue weighted by molar-refractivity contribution is 7.98. The Kier molecular flexibility index (Phi) is 35.3. The number of aliphatic hydroxyl groups excluding tert-OH is 2. The largest absolute Gasteiger partial charge is 0.480 e. The Balaban J connectivity index is 3.51. The summed E-state index contributed by atoms with van der Waals surface area (Å²) in [6.07, 6.45) is 0.600. The summed E-state index contributed by atoms with van der Waals surface area (Å²) in [7, 11) is 0. The Bertz CT molecular complexity index is 2230. The number of rotatable bonds is 41. The molecule has 0 unspecified atom stereocenters. The number of carboxylic acids is 1. The van der Waals surface area contributed by atoms with E-state index in [1.165, 1.54) is 30.5 Å². The first-order valence-corrected chi connectivity index (χ1v) is 28.7. The summed E-state index contributed by atoms with van der Waals surface area (Å²) in [5, 5.41) is 49.2. The van der Waals surface area contributed by atoms with Crippen LogP contribution in [0.2, 0.25) is 0 Å². The van der Waals surface area contributed by atoms with E-state index in [0.29, 0.717) is 25.1 Å². The zero-order valence-electron chi connectivity index (χ0n) is 47.6. The van der Waals surface area contributed by atoms with Crippen molar-refractivity contribution in [1.29, 1.82) is 0 Å². The minimum absolute atomic E-state index is 0.00413. The number of guanidine groups is 4. The summed E-state index contributed by atoms with van der Waals surface area (Å²) in [4.78, 5) is 140. The molecule has 0 aromatic carbocycles. The van der Waals surface area contributed by atoms with Crippen LogP contribution in [0.3, 0.4) is 0 Å². The first-order valence-electron chi connectivity index (χ1n) is 27.3. The van der Waals surface area contributed by atoms with Crippen molar-refractivity contribution >= 4 is 88.8 Å². The third-order valence-electron chi connectivity index (χ3n) is 12.8. The van der Waals surface area contributed by atoms with Gasteiger partial charge in [0.15, 0.2) is 23.8 Å². The lowest BCUT2D eigenvalue weighted by Gasteiger charge is -2.31. The Hall–Kier alpha value is -7.50. The molecule has 0 spiro atoms. The number of carboxylic acid groups (broad SMARTS) is 1. The van der Waals surface area contributed by atoms with Crippen molar-refractivity contribution in [3.63, 3.8) is 0 Å². The van der Waals surface area contributed by atoms with Crippen molar-refractivity contribution in [2.45, 2.75) is 170 Å². The van der Waals surface area contributed by atoms with Crippen LogP contribution in [0.25, 0.3) is 0 Å². The molecule has 472 valence electrons. The molecule has 8 amide bonds. The number of likely N-dealkylation sites (tertiary alicyclic amines) is 1. The van der Waals surface area contributed by atoms with Gasteiger partial charge in [-0.3, -0.25) is 58.3 Å². The number of thioether (sulfide) groups is 1. The van der Waals surface area contributed by atoms with Gasteiger partial charge in [0.25, 0.3) is 0 Å². The molecule has 34 nitrogen and oxygen atoms in total. The molecule has 0 aliphatic carbocycles. The van der Waals surface area contributed by atoms with Crippen LogP contribution in [-0.2, 0) is 43.2 Å². The van der Waals surface area contributed by atoms with E-state index in [2.05, 4.69) is 57.2 Å². The molecule has 1 aliphatic rings. The van der Waals surface area contributed by atoms with Gasteiger partial charge in [0.2, 0.25) is 47.3 Å². The van der Waals surface area contributed by atoms with Crippen LogP contribution in [0.1, 0.15) is 104 Å². The molecule has 35 heteroatoms. The third kappa shape index (κ3) is 29.4. The average Bonchev–Trinajstić information content (AvgIpc) is 4.14. The van der Waals surface area contributed by atoms with Crippen LogP contribution >= 0.6 is 11.8 Å². The fourth-order valence-corrected chi connectivity index (χ4v) is 8.85. The predicted molar refractivity (Wildman–Crippen MR) is 313 cm³/mol. The van der Waals surface area contributed by atoms with Gasteiger partial charge in [-0.15, -0.1) is 0 Å². The second-order valence-corrected chi connectivity index (χ2v) is 20.7. The standard InChI is InChI=1S/C48H92N22O12S/c1-25(71)34(68-39(76)29(13-7-20-60-46(53)54)63-36(73)27(50)11-4-5-18-49)41(78)65-30(17-24-83-3)38(75)66-31(14-8-21-61-47(55)56)43(80)70-23-10-16-33(70)40(77)69-35(26(2)72)42(79)64-28(12-6-19-59-45(51)52)37(74)67-32(44(81)82)15-9-22-62-48(57)58/h25-35,71-72H,4-24,49-50H2,1-3H3,(H,63,73)(H,64,79)(H,65,78)(H,66,75)(H,67,74)(H,68,76)(H,69,77)(H,81,82)(H4,51,52,59)(H4,53,54,60)(H4,55,56,61)(H4,57,58,62)/t25-,26-,27+,28+,29+,30+,31+,32+,33+,34+,35+/m1/s1. The van der Waals surface area contributed by atoms with Gasteiger partial charge in [0.05, 0.1) is 18.2 Å². The van der Waals surface area contributed by atoms with Gasteiger partial charge in [-0.05, 0) is 116 Å². The number of hydrogen-bond donors (Lipinski definition) is 20. The van der Waals surface area contributed by atoms with E-state index in [-0.39, 0.29) is 134 Å². The lowest BCUT2D eigenvalue weighted by Crippen LogP contribution is -2.62. The number of nitrogens with one attached hydrogen (secondary N) is 7. The molecular weight excluding hydrogens is 1110 g/mol. The Morgan fingerprint density at radius 1 is 0.518 bits per heavy atom. The van der Waals surface area contributed by atoms with E-state index < -0.39 is 120 Å². The maximum atomic E-state index is 14.6. The highest BCUT2D eigenvalue weighted by Gasteiger charge is 2.41. The first-order chi connectivity index (χ1) is 39.1. The molecule has 1 heterocycles. The SMILES string of the molecule is CSCC[C@H](NC(=O)[C@@H](NC(=O)[C@H](CCCN=C(N)N)NC(=O)[C@@H](N)CCCCN)[C@@H](C)O)C(=O)N[C@@H](CCCN=C(N)N)C(=O)N1CCC[C@H]1C(=O)N[C@H](C(=O)N[C@@H](CCCN=C(N)N)C(=O)N[C@@H](CCCN=C(N)N)C(=O)O)[C@@H](C)O. The molecule has 1 saturated heterocycles. The average molecular weight is 1200 g/mol. The number of aliphatic hydroxyl groups is 2. The number of unbranched alkanes of at least 4 members (excludes halogenated alkanes) is 1. The molecule has 0 saturated carbocycles. The van der Waals surface area contributed by atoms with Crippen molar-refractivity contribution in [1.82, 2.24) is 42.1 Å². The third-order valence-corrected chi connectivity index (χ3v) is 13.4. The van der Waals surface area contributed by atoms with Crippen molar-refractivity contribution in [3.8, 4) is 0 Å². The topological polar surface area (TPSA) is 611 Å². The van der Waals surface area contributed by atoms with Crippen LogP contribution in [-0.4, -0.2) is 215 Å². The Morgan fingerprint density at radius 3 is 1.33 bits per heavy atom. The van der Waals surface area contributed by atoms with Gasteiger partial charge in [-0.25, -0.2) is 4.79 Å². The van der Waals surface area contributed by atoms with Gasteiger partial charge < -0.3 is 115 Å². The predicted octanol–water partition coefficient (Wildman–Crippen LogP) is -8.36. The fourth-order valence-electron chi connectivity index (χ4n) is 8.37. The highest BCUT2D eigenvalue weighted by Crippen LogP contribution is 2.21. The van der Waals surface area contributed by atoms with Gasteiger partial charge >= 0.3 is 5.97 Å². The van der Waals surface area contributed by atoms with Crippen LogP contribution in [0.4, 0.5) is 0 Å². The monoisotopic (exact) mass is 1200 g/mol. The second kappa shape index (κ2) is 39.8. The molecule has 83 heavy (non-hydrogen) atoms. The van der Waals surface area contributed by atoms with Crippen molar-refractivity contribution in [3.05, 3.63) is 0 Å². The van der Waals surface area contributed by atoms with Crippen molar-refractivity contribution in [2.24, 2.45) is 77.3 Å². The zero-order chi connectivity index (χ0) is 62.8. The minimum Gasteiger partial charge on any atom is -0.480 e. The maximum Gasteiger partial charge on any atom is 0.326 e. The summed E-state index contributed by atoms with van der Waals surface area (Å²) in [6.45, 7) is 2.98. The molecule has 1 rings (SSSR count). The minimum atomic E-state index is -1.73. The number of carbonyl (C=O) groups excluding carboxylic acids is 8. The number of nitrogens with zero attached hydrogens (tertiary/aromatic N) is 5. The molecule has 0 aromatic rings. The van der Waals surface area contributed by atoms with Crippen LogP contribution < -0.4 is 94.6 Å². The highest BCUT2D eigenvalue weighted by atomic mass is 32.2. The summed E-state index contributed by atoms with van der Waals surface area (Å²) >= 11 is 1.32. The lowest BCUT2D eigenvalue weighted by atomic mass is 10.0. The number of nitrogens with two attached hydrogens (primary N) is 10. The smallest absolute Gasteiger partial charge is 0.326 e.